The van der Waals surface area contributed by atoms with Crippen LogP contribution in [0.5, 0.6) is 0 Å². The molecule has 106 valence electrons. The van der Waals surface area contributed by atoms with Crippen LogP contribution >= 0.6 is 11.6 Å². The van der Waals surface area contributed by atoms with Gasteiger partial charge in [0.05, 0.1) is 6.10 Å². The summed E-state index contributed by atoms with van der Waals surface area (Å²) < 4.78 is 13.3. The van der Waals surface area contributed by atoms with E-state index >= 15 is 0 Å². The maximum Gasteiger partial charge on any atom is 0.123 e. The summed E-state index contributed by atoms with van der Waals surface area (Å²) in [6.45, 7) is 2.12. The molecule has 2 aromatic carbocycles. The van der Waals surface area contributed by atoms with Crippen LogP contribution in [0, 0.1) is 12.7 Å². The second kappa shape index (κ2) is 6.35. The lowest BCUT2D eigenvalue weighted by molar-refractivity contribution is 0.147. The molecular formula is C16H17ClFNO. The Labute approximate surface area is 123 Å². The molecule has 0 aliphatic heterocycles. The molecule has 0 heterocycles. The van der Waals surface area contributed by atoms with Crippen LogP contribution in [-0.4, -0.2) is 11.7 Å². The molecule has 20 heavy (non-hydrogen) atoms. The fraction of sp³-hybridized carbons (Fsp3) is 0.250. The van der Waals surface area contributed by atoms with Crippen molar-refractivity contribution in [1.82, 2.24) is 0 Å². The molecular weight excluding hydrogens is 277 g/mol. The highest BCUT2D eigenvalue weighted by molar-refractivity contribution is 6.30. The molecule has 2 unspecified atom stereocenters. The van der Waals surface area contributed by atoms with Crippen LogP contribution in [0.3, 0.4) is 0 Å². The number of hydrogen-bond acceptors (Lipinski definition) is 2. The number of hydrogen-bond donors (Lipinski definition) is 2. The molecule has 2 rings (SSSR count). The smallest absolute Gasteiger partial charge is 0.123 e. The summed E-state index contributed by atoms with van der Waals surface area (Å²) in [6.07, 6.45) is -0.820. The van der Waals surface area contributed by atoms with Gasteiger partial charge in [0.25, 0.3) is 0 Å². The Morgan fingerprint density at radius 1 is 1.20 bits per heavy atom. The van der Waals surface area contributed by atoms with Crippen molar-refractivity contribution in [1.29, 1.82) is 0 Å². The van der Waals surface area contributed by atoms with Gasteiger partial charge in [-0.25, -0.2) is 4.39 Å². The highest BCUT2D eigenvalue weighted by atomic mass is 35.5. The van der Waals surface area contributed by atoms with Crippen molar-refractivity contribution in [2.75, 3.05) is 6.54 Å². The average Bonchev–Trinajstić information content (AvgIpc) is 2.38. The zero-order chi connectivity index (χ0) is 14.7. The average molecular weight is 294 g/mol. The summed E-state index contributed by atoms with van der Waals surface area (Å²) in [5, 5.41) is 11.1. The lowest BCUT2D eigenvalue weighted by atomic mass is 9.88. The van der Waals surface area contributed by atoms with Gasteiger partial charge in [-0.1, -0.05) is 29.8 Å². The first-order valence-electron chi connectivity index (χ1n) is 6.42. The molecule has 3 N–H and O–H groups in total. The van der Waals surface area contributed by atoms with E-state index in [0.29, 0.717) is 16.1 Å². The Bertz CT molecular complexity index is 583. The minimum atomic E-state index is -0.820. The topological polar surface area (TPSA) is 46.2 Å². The molecule has 0 saturated heterocycles. The highest BCUT2D eigenvalue weighted by Crippen LogP contribution is 2.32. The SMILES string of the molecule is Cc1cc(Cl)cc(C(O)C(CN)c2cccc(F)c2)c1. The van der Waals surface area contributed by atoms with Gasteiger partial charge in [-0.2, -0.15) is 0 Å². The van der Waals surface area contributed by atoms with Gasteiger partial charge in [-0.15, -0.1) is 0 Å². The lowest BCUT2D eigenvalue weighted by Gasteiger charge is -2.23. The van der Waals surface area contributed by atoms with Gasteiger partial charge in [0.15, 0.2) is 0 Å². The van der Waals surface area contributed by atoms with E-state index in [1.54, 1.807) is 18.2 Å². The summed E-state index contributed by atoms with van der Waals surface area (Å²) in [4.78, 5) is 0. The van der Waals surface area contributed by atoms with Gasteiger partial charge in [-0.05, 0) is 47.9 Å². The zero-order valence-electron chi connectivity index (χ0n) is 11.2. The summed E-state index contributed by atoms with van der Waals surface area (Å²) >= 11 is 6.01. The Balaban J connectivity index is 2.35. The molecule has 0 aliphatic carbocycles. The van der Waals surface area contributed by atoms with Crippen LogP contribution in [0.1, 0.15) is 28.7 Å². The fourth-order valence-electron chi connectivity index (χ4n) is 2.35. The van der Waals surface area contributed by atoms with Crippen LogP contribution in [0.15, 0.2) is 42.5 Å². The summed E-state index contributed by atoms with van der Waals surface area (Å²) in [5.41, 5.74) is 8.08. The molecule has 0 saturated carbocycles. The van der Waals surface area contributed by atoms with Crippen molar-refractivity contribution in [3.63, 3.8) is 0 Å². The number of rotatable bonds is 4. The van der Waals surface area contributed by atoms with Crippen LogP contribution in [-0.2, 0) is 0 Å². The molecule has 2 nitrogen and oxygen atoms in total. The van der Waals surface area contributed by atoms with Crippen LogP contribution < -0.4 is 5.73 Å². The van der Waals surface area contributed by atoms with E-state index in [9.17, 15) is 9.50 Å². The summed E-state index contributed by atoms with van der Waals surface area (Å²) in [7, 11) is 0. The predicted octanol–water partition coefficient (Wildman–Crippen LogP) is 3.56. The molecule has 2 atom stereocenters. The maximum absolute atomic E-state index is 13.3. The number of aliphatic hydroxyl groups is 1. The number of halogens is 2. The van der Waals surface area contributed by atoms with Crippen LogP contribution in [0.2, 0.25) is 5.02 Å². The first kappa shape index (κ1) is 15.0. The van der Waals surface area contributed by atoms with Crippen molar-refractivity contribution in [3.8, 4) is 0 Å². The van der Waals surface area contributed by atoms with Crippen molar-refractivity contribution >= 4 is 11.6 Å². The van der Waals surface area contributed by atoms with Crippen molar-refractivity contribution < 1.29 is 9.50 Å². The normalized spacial score (nSPS) is 14.1. The molecule has 0 aromatic heterocycles. The summed E-state index contributed by atoms with van der Waals surface area (Å²) in [6, 6.07) is 11.5. The third kappa shape index (κ3) is 3.37. The van der Waals surface area contributed by atoms with E-state index in [2.05, 4.69) is 0 Å². The number of benzene rings is 2. The summed E-state index contributed by atoms with van der Waals surface area (Å²) in [5.74, 6) is -0.709. The van der Waals surface area contributed by atoms with Crippen LogP contribution in [0.4, 0.5) is 4.39 Å². The number of aryl methyl sites for hydroxylation is 1. The van der Waals surface area contributed by atoms with E-state index < -0.39 is 6.10 Å². The number of aliphatic hydroxyl groups excluding tert-OH is 1. The molecule has 0 bridgehead atoms. The maximum atomic E-state index is 13.3. The second-order valence-electron chi connectivity index (χ2n) is 4.90. The van der Waals surface area contributed by atoms with Gasteiger partial charge in [0, 0.05) is 17.5 Å². The molecule has 0 fully saturated rings. The van der Waals surface area contributed by atoms with E-state index in [-0.39, 0.29) is 18.3 Å². The molecule has 0 amide bonds. The first-order chi connectivity index (χ1) is 9.51. The first-order valence-corrected chi connectivity index (χ1v) is 6.79. The van der Waals surface area contributed by atoms with E-state index in [1.807, 2.05) is 19.1 Å². The lowest BCUT2D eigenvalue weighted by Crippen LogP contribution is -2.20. The largest absolute Gasteiger partial charge is 0.388 e. The molecule has 4 heteroatoms. The van der Waals surface area contributed by atoms with E-state index in [0.717, 1.165) is 5.56 Å². The molecule has 2 aromatic rings. The Hall–Kier alpha value is -1.42. The van der Waals surface area contributed by atoms with Crippen molar-refractivity contribution in [2.45, 2.75) is 18.9 Å². The minimum Gasteiger partial charge on any atom is -0.388 e. The highest BCUT2D eigenvalue weighted by Gasteiger charge is 2.22. The van der Waals surface area contributed by atoms with Gasteiger partial charge in [0.2, 0.25) is 0 Å². The molecule has 0 radical (unpaired) electrons. The van der Waals surface area contributed by atoms with Gasteiger partial charge < -0.3 is 10.8 Å². The Kier molecular flexibility index (Phi) is 4.76. The Morgan fingerprint density at radius 3 is 2.55 bits per heavy atom. The molecule has 0 aliphatic rings. The fourth-order valence-corrected chi connectivity index (χ4v) is 2.65. The zero-order valence-corrected chi connectivity index (χ0v) is 11.9. The van der Waals surface area contributed by atoms with Gasteiger partial charge >= 0.3 is 0 Å². The van der Waals surface area contributed by atoms with Crippen LogP contribution in [0.25, 0.3) is 0 Å². The minimum absolute atomic E-state index is 0.218. The second-order valence-corrected chi connectivity index (χ2v) is 5.34. The third-order valence-corrected chi connectivity index (χ3v) is 3.54. The van der Waals surface area contributed by atoms with Crippen molar-refractivity contribution in [2.24, 2.45) is 5.73 Å². The third-order valence-electron chi connectivity index (χ3n) is 3.32. The van der Waals surface area contributed by atoms with Gasteiger partial charge in [-0.3, -0.25) is 0 Å². The van der Waals surface area contributed by atoms with E-state index in [1.165, 1.54) is 12.1 Å². The quantitative estimate of drug-likeness (QED) is 0.905. The molecule has 0 spiro atoms. The predicted molar refractivity (Wildman–Crippen MR) is 79.3 cm³/mol. The van der Waals surface area contributed by atoms with Gasteiger partial charge in [0.1, 0.15) is 5.82 Å². The van der Waals surface area contributed by atoms with Crippen molar-refractivity contribution in [3.05, 3.63) is 70.0 Å². The monoisotopic (exact) mass is 293 g/mol. The standard InChI is InChI=1S/C16H17ClFNO/c1-10-5-12(7-13(17)6-10)16(20)15(9-19)11-3-2-4-14(18)8-11/h2-8,15-16,20H,9,19H2,1H3. The number of nitrogens with two attached hydrogens (primary N) is 1. The van der Waals surface area contributed by atoms with E-state index in [4.69, 9.17) is 17.3 Å². The Morgan fingerprint density at radius 2 is 1.95 bits per heavy atom.